The Bertz CT molecular complexity index is 446. The third-order valence-corrected chi connectivity index (χ3v) is 4.22. The van der Waals surface area contributed by atoms with Crippen molar-refractivity contribution in [3.05, 3.63) is 92.8 Å². The molecule has 0 nitrogen and oxygen atoms in total. The van der Waals surface area contributed by atoms with Gasteiger partial charge >= 0.3 is 112 Å². The first-order chi connectivity index (χ1) is 8.45. The minimum absolute atomic E-state index is 0.243. The van der Waals surface area contributed by atoms with E-state index in [0.717, 1.165) is 0 Å². The van der Waals surface area contributed by atoms with E-state index in [-0.39, 0.29) is 19.2 Å². The van der Waals surface area contributed by atoms with Crippen LogP contribution in [0.3, 0.4) is 0 Å². The van der Waals surface area contributed by atoms with E-state index < -0.39 is 0 Å². The van der Waals surface area contributed by atoms with Crippen LogP contribution in [0.5, 0.6) is 0 Å². The molecule has 0 aromatic carbocycles. The van der Waals surface area contributed by atoms with Gasteiger partial charge in [-0.3, -0.25) is 0 Å². The van der Waals surface area contributed by atoms with Gasteiger partial charge in [-0.15, -0.1) is 0 Å². The molecule has 0 amide bonds. The number of rotatable bonds is 2. The molecule has 2 aliphatic carbocycles. The van der Waals surface area contributed by atoms with E-state index in [2.05, 4.69) is 72.9 Å². The summed E-state index contributed by atoms with van der Waals surface area (Å²) in [5.41, 5.74) is 0. The second-order valence-electron chi connectivity index (χ2n) is 3.63. The van der Waals surface area contributed by atoms with Crippen molar-refractivity contribution in [1.29, 1.82) is 0 Å². The van der Waals surface area contributed by atoms with Gasteiger partial charge in [0.05, 0.1) is 0 Å². The monoisotopic (exact) mass is 254 g/mol. The Hall–Kier alpha value is -1.37. The van der Waals surface area contributed by atoms with Crippen LogP contribution in [0.1, 0.15) is 0 Å². The molecule has 0 N–H and O–H groups in total. The van der Waals surface area contributed by atoms with E-state index >= 15 is 0 Å². The molecule has 0 aliphatic heterocycles. The maximum absolute atomic E-state index is 2.22. The molecule has 0 heterocycles. The van der Waals surface area contributed by atoms with Gasteiger partial charge in [0.1, 0.15) is 0 Å². The maximum atomic E-state index is 2.22. The molecular weight excluding hydrogens is 240 g/mol. The summed E-state index contributed by atoms with van der Waals surface area (Å²) in [7, 11) is 0. The Labute approximate surface area is 112 Å². The molecule has 0 aromatic rings. The van der Waals surface area contributed by atoms with E-state index in [4.69, 9.17) is 0 Å². The van der Waals surface area contributed by atoms with Gasteiger partial charge in [0.15, 0.2) is 0 Å². The Balaban J connectivity index is 2.10. The van der Waals surface area contributed by atoms with Crippen LogP contribution in [-0.4, -0.2) is 0 Å². The summed E-state index contributed by atoms with van der Waals surface area (Å²) in [5.74, 6) is 0. The second-order valence-corrected chi connectivity index (χ2v) is 5.82. The zero-order chi connectivity index (χ0) is 11.8. The van der Waals surface area contributed by atoms with Crippen molar-refractivity contribution in [1.82, 2.24) is 0 Å². The SMILES string of the molecule is C1=CC=C[C]([Ti][C]2=CC=CC=CC=C2)=CC=C1. The molecule has 0 radical (unpaired) electrons. The van der Waals surface area contributed by atoms with Crippen molar-refractivity contribution in [2.24, 2.45) is 0 Å². The summed E-state index contributed by atoms with van der Waals surface area (Å²) in [5, 5.41) is 0. The first-order valence-corrected chi connectivity index (χ1v) is 7.22. The van der Waals surface area contributed by atoms with E-state index in [1.54, 1.807) is 0 Å². The first kappa shape index (κ1) is 12.1. The summed E-state index contributed by atoms with van der Waals surface area (Å²) < 4.78 is 2.89. The van der Waals surface area contributed by atoms with Crippen molar-refractivity contribution in [3.8, 4) is 0 Å². The summed E-state index contributed by atoms with van der Waals surface area (Å²) in [6.45, 7) is 0. The molecule has 82 valence electrons. The molecule has 0 bridgehead atoms. The van der Waals surface area contributed by atoms with Crippen molar-refractivity contribution in [2.75, 3.05) is 0 Å². The van der Waals surface area contributed by atoms with Gasteiger partial charge in [0.25, 0.3) is 0 Å². The molecule has 0 saturated heterocycles. The fourth-order valence-corrected chi connectivity index (χ4v) is 3.11. The van der Waals surface area contributed by atoms with Crippen molar-refractivity contribution in [2.45, 2.75) is 0 Å². The Morgan fingerprint density at radius 1 is 0.471 bits per heavy atom. The standard InChI is InChI=1S/2C8H7.Ti/c2*1-2-4-6-8-7-5-3-1;/h2*1-7H;. The zero-order valence-electron chi connectivity index (χ0n) is 9.58. The number of allylic oxidation sites excluding steroid dienone is 16. The summed E-state index contributed by atoms with van der Waals surface area (Å²) in [4.78, 5) is 0. The van der Waals surface area contributed by atoms with Crippen LogP contribution in [0.25, 0.3) is 0 Å². The fraction of sp³-hybridized carbons (Fsp3) is 0. The predicted molar refractivity (Wildman–Crippen MR) is 71.0 cm³/mol. The first-order valence-electron chi connectivity index (χ1n) is 5.65. The van der Waals surface area contributed by atoms with E-state index in [9.17, 15) is 0 Å². The summed E-state index contributed by atoms with van der Waals surface area (Å²) >= 11 is -0.243. The van der Waals surface area contributed by atoms with E-state index in [0.29, 0.717) is 0 Å². The van der Waals surface area contributed by atoms with Gasteiger partial charge in [0, 0.05) is 0 Å². The molecule has 0 unspecified atom stereocenters. The molecule has 0 atom stereocenters. The molecule has 17 heavy (non-hydrogen) atoms. The molecule has 2 rings (SSSR count). The molecular formula is C16H14Ti. The summed E-state index contributed by atoms with van der Waals surface area (Å²) in [6, 6.07) is 0. The topological polar surface area (TPSA) is 0 Å². The van der Waals surface area contributed by atoms with Gasteiger partial charge in [-0.2, -0.15) is 0 Å². The van der Waals surface area contributed by atoms with E-state index in [1.165, 1.54) is 7.76 Å². The van der Waals surface area contributed by atoms with Gasteiger partial charge < -0.3 is 0 Å². The number of hydrogen-bond acceptors (Lipinski definition) is 0. The second kappa shape index (κ2) is 7.06. The Morgan fingerprint density at radius 2 is 0.882 bits per heavy atom. The number of hydrogen-bond donors (Lipinski definition) is 0. The van der Waals surface area contributed by atoms with Crippen LogP contribution in [0.2, 0.25) is 0 Å². The van der Waals surface area contributed by atoms with Crippen LogP contribution < -0.4 is 0 Å². The van der Waals surface area contributed by atoms with Gasteiger partial charge in [-0.05, 0) is 0 Å². The molecule has 1 heteroatoms. The zero-order valence-corrected chi connectivity index (χ0v) is 11.1. The third kappa shape index (κ3) is 4.56. The molecule has 0 aromatic heterocycles. The average Bonchev–Trinajstić information content (AvgIpc) is 2.24. The Morgan fingerprint density at radius 3 is 1.41 bits per heavy atom. The quantitative estimate of drug-likeness (QED) is 0.648. The van der Waals surface area contributed by atoms with Crippen LogP contribution in [0.15, 0.2) is 92.8 Å². The van der Waals surface area contributed by atoms with Gasteiger partial charge in [-0.25, -0.2) is 0 Å². The van der Waals surface area contributed by atoms with Crippen molar-refractivity contribution < 1.29 is 19.2 Å². The minimum atomic E-state index is -0.243. The Kier molecular flexibility index (Phi) is 5.02. The molecule has 0 saturated carbocycles. The average molecular weight is 254 g/mol. The van der Waals surface area contributed by atoms with Gasteiger partial charge in [-0.1, -0.05) is 0 Å². The van der Waals surface area contributed by atoms with Crippen molar-refractivity contribution >= 4 is 0 Å². The molecule has 2 aliphatic rings. The summed E-state index contributed by atoms with van der Waals surface area (Å²) in [6.07, 6.45) is 29.7. The third-order valence-electron chi connectivity index (χ3n) is 2.28. The van der Waals surface area contributed by atoms with Crippen LogP contribution in [0.4, 0.5) is 0 Å². The normalized spacial score (nSPS) is 17.9. The fourth-order valence-electron chi connectivity index (χ4n) is 1.47. The molecule has 0 fully saturated rings. The van der Waals surface area contributed by atoms with Gasteiger partial charge in [0.2, 0.25) is 0 Å². The van der Waals surface area contributed by atoms with E-state index in [1.807, 2.05) is 12.2 Å². The predicted octanol–water partition coefficient (Wildman–Crippen LogP) is 4.20. The van der Waals surface area contributed by atoms with Crippen molar-refractivity contribution in [3.63, 3.8) is 0 Å². The van der Waals surface area contributed by atoms with Crippen LogP contribution >= 0.6 is 0 Å². The van der Waals surface area contributed by atoms with Crippen LogP contribution in [-0.2, 0) is 19.2 Å². The molecule has 0 spiro atoms. The van der Waals surface area contributed by atoms with Crippen LogP contribution in [0, 0.1) is 0 Å².